The number of sulfonamides is 1. The summed E-state index contributed by atoms with van der Waals surface area (Å²) >= 11 is 0. The normalized spacial score (nSPS) is 17.0. The Balaban J connectivity index is 1.51. The third-order valence-corrected chi connectivity index (χ3v) is 6.61. The molecule has 0 saturated carbocycles. The number of piperidine rings is 1. The average molecular weight is 424 g/mol. The molecule has 1 aliphatic heterocycles. The van der Waals surface area contributed by atoms with Gasteiger partial charge in [0.2, 0.25) is 10.0 Å². The Bertz CT molecular complexity index is 949. The van der Waals surface area contributed by atoms with Gasteiger partial charge in [0.25, 0.3) is 0 Å². The molecule has 2 heterocycles. The van der Waals surface area contributed by atoms with Crippen molar-refractivity contribution in [2.45, 2.75) is 26.2 Å². The molecule has 0 radical (unpaired) electrons. The van der Waals surface area contributed by atoms with E-state index in [-0.39, 0.29) is 5.82 Å². The molecular weight excluding hydrogens is 393 g/mol. The first kappa shape index (κ1) is 21.6. The highest BCUT2D eigenvalue weighted by Crippen LogP contribution is 2.20. The molecule has 1 aromatic heterocycles. The molecule has 0 aliphatic carbocycles. The number of fused-ring (bicyclic) bond motifs is 1. The van der Waals surface area contributed by atoms with Gasteiger partial charge in [0, 0.05) is 49.8 Å². The summed E-state index contributed by atoms with van der Waals surface area (Å²) in [6.07, 6.45) is 5.60. The van der Waals surface area contributed by atoms with E-state index < -0.39 is 10.0 Å². The molecule has 3 rings (SSSR count). The van der Waals surface area contributed by atoms with Gasteiger partial charge in [-0.1, -0.05) is 0 Å². The van der Waals surface area contributed by atoms with E-state index >= 15 is 0 Å². The monoisotopic (exact) mass is 423 g/mol. The van der Waals surface area contributed by atoms with Crippen LogP contribution in [0.5, 0.6) is 0 Å². The van der Waals surface area contributed by atoms with E-state index in [9.17, 15) is 12.8 Å². The van der Waals surface area contributed by atoms with Crippen molar-refractivity contribution in [2.75, 3.05) is 39.0 Å². The van der Waals surface area contributed by atoms with Gasteiger partial charge in [-0.2, -0.15) is 0 Å². The van der Waals surface area contributed by atoms with Crippen LogP contribution < -0.4 is 10.6 Å². The van der Waals surface area contributed by atoms with Crippen LogP contribution in [0, 0.1) is 11.7 Å². The molecule has 160 valence electrons. The maximum atomic E-state index is 13.5. The molecule has 0 bridgehead atoms. The van der Waals surface area contributed by atoms with Crippen LogP contribution in [0.1, 0.15) is 25.3 Å². The minimum absolute atomic E-state index is 0.233. The Hall–Kier alpha value is -2.13. The number of nitrogens with one attached hydrogen (secondary N) is 3. The molecule has 1 aliphatic rings. The van der Waals surface area contributed by atoms with Gasteiger partial charge in [-0.05, 0) is 55.9 Å². The van der Waals surface area contributed by atoms with Crippen LogP contribution in [-0.2, 0) is 16.4 Å². The van der Waals surface area contributed by atoms with E-state index in [1.165, 1.54) is 12.3 Å². The van der Waals surface area contributed by atoms with E-state index in [1.54, 1.807) is 16.4 Å². The zero-order valence-corrected chi connectivity index (χ0v) is 17.9. The van der Waals surface area contributed by atoms with Crippen molar-refractivity contribution in [1.82, 2.24) is 19.9 Å². The average Bonchev–Trinajstić information content (AvgIpc) is 3.08. The van der Waals surface area contributed by atoms with E-state index in [4.69, 9.17) is 0 Å². The molecule has 3 N–H and O–H groups in total. The van der Waals surface area contributed by atoms with E-state index in [1.807, 2.05) is 13.1 Å². The first-order valence-electron chi connectivity index (χ1n) is 10.1. The van der Waals surface area contributed by atoms with Crippen molar-refractivity contribution in [2.24, 2.45) is 10.9 Å². The molecule has 1 fully saturated rings. The van der Waals surface area contributed by atoms with Gasteiger partial charge in [-0.15, -0.1) is 0 Å². The number of aromatic amines is 1. The fourth-order valence-corrected chi connectivity index (χ4v) is 4.53. The summed E-state index contributed by atoms with van der Waals surface area (Å²) in [5.74, 6) is 0.909. The molecule has 1 aromatic carbocycles. The first-order valence-corrected chi connectivity index (χ1v) is 11.9. The third kappa shape index (κ3) is 5.93. The van der Waals surface area contributed by atoms with Crippen LogP contribution in [0.25, 0.3) is 10.9 Å². The summed E-state index contributed by atoms with van der Waals surface area (Å²) in [6.45, 7) is 5.27. The second-order valence-corrected chi connectivity index (χ2v) is 9.49. The summed E-state index contributed by atoms with van der Waals surface area (Å²) in [7, 11) is -3.09. The maximum Gasteiger partial charge on any atom is 0.211 e. The summed E-state index contributed by atoms with van der Waals surface area (Å²) in [6, 6.07) is 4.77. The third-order valence-electron chi connectivity index (χ3n) is 5.31. The highest BCUT2D eigenvalue weighted by atomic mass is 32.2. The van der Waals surface area contributed by atoms with Crippen LogP contribution in [-0.4, -0.2) is 62.6 Å². The Morgan fingerprint density at radius 2 is 2.07 bits per heavy atom. The Labute approximate surface area is 171 Å². The summed E-state index contributed by atoms with van der Waals surface area (Å²) in [5.41, 5.74) is 2.00. The van der Waals surface area contributed by atoms with Crippen molar-refractivity contribution in [3.05, 3.63) is 35.8 Å². The van der Waals surface area contributed by atoms with Gasteiger partial charge in [0.05, 0.1) is 6.26 Å². The highest BCUT2D eigenvalue weighted by Gasteiger charge is 2.24. The van der Waals surface area contributed by atoms with Crippen molar-refractivity contribution in [3.8, 4) is 0 Å². The lowest BCUT2D eigenvalue weighted by molar-refractivity contribution is 0.280. The lowest BCUT2D eigenvalue weighted by atomic mass is 9.98. The molecule has 29 heavy (non-hydrogen) atoms. The standard InChI is InChI=1S/C20H30FN5O2S/c1-3-22-20(25-13-15-7-10-26(11-8-15)29(2,27)28)23-9-6-16-14-24-19-5-4-17(21)12-18(16)19/h4-5,12,14-15,24H,3,6-11,13H2,1-2H3,(H2,22,23,25). The Kier molecular flexibility index (Phi) is 7.13. The molecule has 0 atom stereocenters. The van der Waals surface area contributed by atoms with Crippen LogP contribution in [0.4, 0.5) is 4.39 Å². The molecule has 0 spiro atoms. The van der Waals surface area contributed by atoms with Crippen molar-refractivity contribution < 1.29 is 12.8 Å². The summed E-state index contributed by atoms with van der Waals surface area (Å²) in [4.78, 5) is 7.85. The number of halogens is 1. The maximum absolute atomic E-state index is 13.5. The first-order chi connectivity index (χ1) is 13.9. The zero-order chi connectivity index (χ0) is 20.9. The Morgan fingerprint density at radius 1 is 1.31 bits per heavy atom. The summed E-state index contributed by atoms with van der Waals surface area (Å²) in [5, 5.41) is 7.49. The highest BCUT2D eigenvalue weighted by molar-refractivity contribution is 7.88. The van der Waals surface area contributed by atoms with Gasteiger partial charge in [-0.25, -0.2) is 17.1 Å². The molecule has 0 amide bonds. The fourth-order valence-electron chi connectivity index (χ4n) is 3.66. The smallest absolute Gasteiger partial charge is 0.211 e. The second kappa shape index (κ2) is 9.58. The molecule has 1 saturated heterocycles. The van der Waals surface area contributed by atoms with Gasteiger partial charge < -0.3 is 15.6 Å². The minimum Gasteiger partial charge on any atom is -0.361 e. The zero-order valence-electron chi connectivity index (χ0n) is 17.0. The van der Waals surface area contributed by atoms with Crippen LogP contribution in [0.3, 0.4) is 0 Å². The van der Waals surface area contributed by atoms with Crippen LogP contribution >= 0.6 is 0 Å². The van der Waals surface area contributed by atoms with Crippen molar-refractivity contribution in [3.63, 3.8) is 0 Å². The number of aliphatic imine (C=N–C) groups is 1. The van der Waals surface area contributed by atoms with Gasteiger partial charge >= 0.3 is 0 Å². The van der Waals surface area contributed by atoms with Crippen molar-refractivity contribution >= 4 is 26.9 Å². The Morgan fingerprint density at radius 3 is 2.76 bits per heavy atom. The lowest BCUT2D eigenvalue weighted by Gasteiger charge is -2.29. The van der Waals surface area contributed by atoms with Crippen LogP contribution in [0.15, 0.2) is 29.4 Å². The predicted molar refractivity (Wildman–Crippen MR) is 115 cm³/mol. The van der Waals surface area contributed by atoms with E-state index in [0.29, 0.717) is 32.1 Å². The molecule has 9 heteroatoms. The quantitative estimate of drug-likeness (QED) is 0.470. The number of H-pyrrole nitrogens is 1. The molecule has 2 aromatic rings. The van der Waals surface area contributed by atoms with Crippen molar-refractivity contribution in [1.29, 1.82) is 0 Å². The van der Waals surface area contributed by atoms with Crippen LogP contribution in [0.2, 0.25) is 0 Å². The minimum atomic E-state index is -3.09. The van der Waals surface area contributed by atoms with Gasteiger partial charge in [0.1, 0.15) is 5.82 Å². The number of hydrogen-bond acceptors (Lipinski definition) is 3. The molecule has 7 nitrogen and oxygen atoms in total. The molecule has 0 unspecified atom stereocenters. The largest absolute Gasteiger partial charge is 0.361 e. The second-order valence-electron chi connectivity index (χ2n) is 7.51. The topological polar surface area (TPSA) is 89.6 Å². The van der Waals surface area contributed by atoms with Gasteiger partial charge in [0.15, 0.2) is 5.96 Å². The predicted octanol–water partition coefficient (Wildman–Crippen LogP) is 2.08. The number of aromatic nitrogens is 1. The molecular formula is C20H30FN5O2S. The SMILES string of the molecule is CCNC(=NCC1CCN(S(C)(=O)=O)CC1)NCCc1c[nH]c2ccc(F)cc12. The number of benzene rings is 1. The number of rotatable bonds is 7. The lowest BCUT2D eigenvalue weighted by Crippen LogP contribution is -2.40. The number of hydrogen-bond donors (Lipinski definition) is 3. The van der Waals surface area contributed by atoms with E-state index in [0.717, 1.165) is 48.2 Å². The van der Waals surface area contributed by atoms with E-state index in [2.05, 4.69) is 20.6 Å². The van der Waals surface area contributed by atoms with Gasteiger partial charge in [-0.3, -0.25) is 4.99 Å². The fraction of sp³-hybridized carbons (Fsp3) is 0.550. The number of guanidine groups is 1. The number of nitrogens with zero attached hydrogens (tertiary/aromatic N) is 2. The summed E-state index contributed by atoms with van der Waals surface area (Å²) < 4.78 is 38.3.